The maximum absolute atomic E-state index is 10.9. The van der Waals surface area contributed by atoms with Crippen LogP contribution in [-0.2, 0) is 4.79 Å². The molecule has 2 aromatic carbocycles. The molecule has 0 saturated heterocycles. The summed E-state index contributed by atoms with van der Waals surface area (Å²) in [5.74, 6) is 1.34. The van der Waals surface area contributed by atoms with Crippen LogP contribution < -0.4 is 10.1 Å². The third-order valence-electron chi connectivity index (χ3n) is 2.54. The van der Waals surface area contributed by atoms with Gasteiger partial charge in [0.1, 0.15) is 11.5 Å². The van der Waals surface area contributed by atoms with Gasteiger partial charge in [-0.3, -0.25) is 4.79 Å². The van der Waals surface area contributed by atoms with Crippen molar-refractivity contribution in [3.05, 3.63) is 53.1 Å². The molecule has 4 heteroatoms. The minimum absolute atomic E-state index is 0.0954. The fourth-order valence-corrected chi connectivity index (χ4v) is 1.74. The van der Waals surface area contributed by atoms with Crippen molar-refractivity contribution in [3.63, 3.8) is 0 Å². The highest BCUT2D eigenvalue weighted by Crippen LogP contribution is 2.26. The van der Waals surface area contributed by atoms with E-state index in [0.717, 1.165) is 17.0 Å². The molecule has 0 fully saturated rings. The van der Waals surface area contributed by atoms with Gasteiger partial charge >= 0.3 is 0 Å². The lowest BCUT2D eigenvalue weighted by molar-refractivity contribution is -0.114. The zero-order chi connectivity index (χ0) is 13.8. The Balaban J connectivity index is 2.10. The van der Waals surface area contributed by atoms with Gasteiger partial charge in [0.05, 0.1) is 0 Å². The summed E-state index contributed by atoms with van der Waals surface area (Å²) < 4.78 is 5.70. The Bertz CT molecular complexity index is 594. The highest BCUT2D eigenvalue weighted by Gasteiger charge is 2.01. The van der Waals surface area contributed by atoms with Gasteiger partial charge in [-0.1, -0.05) is 11.6 Å². The van der Waals surface area contributed by atoms with Gasteiger partial charge in [0.2, 0.25) is 5.91 Å². The van der Waals surface area contributed by atoms with Crippen molar-refractivity contribution < 1.29 is 9.53 Å². The molecule has 98 valence electrons. The molecule has 0 bridgehead atoms. The quantitative estimate of drug-likeness (QED) is 0.902. The normalized spacial score (nSPS) is 10.1. The van der Waals surface area contributed by atoms with E-state index in [0.29, 0.717) is 10.8 Å². The van der Waals surface area contributed by atoms with E-state index in [4.69, 9.17) is 16.3 Å². The Morgan fingerprint density at radius 1 is 1.11 bits per heavy atom. The van der Waals surface area contributed by atoms with Gasteiger partial charge in [-0.05, 0) is 55.0 Å². The first-order chi connectivity index (χ1) is 9.04. The van der Waals surface area contributed by atoms with Crippen LogP contribution in [0.4, 0.5) is 5.69 Å². The third-order valence-corrected chi connectivity index (χ3v) is 2.96. The van der Waals surface area contributed by atoms with Crippen LogP contribution in [0.2, 0.25) is 5.02 Å². The van der Waals surface area contributed by atoms with E-state index in [-0.39, 0.29) is 5.91 Å². The van der Waals surface area contributed by atoms with Crippen molar-refractivity contribution in [2.24, 2.45) is 0 Å². The molecule has 1 amide bonds. The van der Waals surface area contributed by atoms with Crippen LogP contribution in [-0.4, -0.2) is 5.91 Å². The molecule has 0 saturated carbocycles. The zero-order valence-electron chi connectivity index (χ0n) is 10.7. The number of nitrogens with one attached hydrogen (secondary N) is 1. The SMILES string of the molecule is CC(=O)Nc1ccc(Oc2ccc(Cl)c(C)c2)cc1. The fourth-order valence-electron chi connectivity index (χ4n) is 1.63. The number of ether oxygens (including phenoxy) is 1. The Labute approximate surface area is 117 Å². The average molecular weight is 276 g/mol. The van der Waals surface area contributed by atoms with Gasteiger partial charge < -0.3 is 10.1 Å². The molecule has 0 heterocycles. The predicted octanol–water partition coefficient (Wildman–Crippen LogP) is 4.40. The Hall–Kier alpha value is -2.00. The summed E-state index contributed by atoms with van der Waals surface area (Å²) in [6.45, 7) is 3.40. The first-order valence-electron chi connectivity index (χ1n) is 5.86. The summed E-state index contributed by atoms with van der Waals surface area (Å²) in [4.78, 5) is 10.9. The summed E-state index contributed by atoms with van der Waals surface area (Å²) in [7, 11) is 0. The van der Waals surface area contributed by atoms with Gasteiger partial charge in [-0.15, -0.1) is 0 Å². The molecule has 0 aliphatic heterocycles. The van der Waals surface area contributed by atoms with Crippen molar-refractivity contribution in [2.45, 2.75) is 13.8 Å². The first-order valence-corrected chi connectivity index (χ1v) is 6.24. The molecule has 19 heavy (non-hydrogen) atoms. The first kappa shape index (κ1) is 13.4. The van der Waals surface area contributed by atoms with Crippen LogP contribution in [0.5, 0.6) is 11.5 Å². The number of halogens is 1. The molecule has 3 nitrogen and oxygen atoms in total. The predicted molar refractivity (Wildman–Crippen MR) is 77.0 cm³/mol. The Morgan fingerprint density at radius 2 is 1.74 bits per heavy atom. The lowest BCUT2D eigenvalue weighted by Gasteiger charge is -2.08. The van der Waals surface area contributed by atoms with Crippen molar-refractivity contribution in [3.8, 4) is 11.5 Å². The van der Waals surface area contributed by atoms with Crippen LogP contribution in [0.15, 0.2) is 42.5 Å². The topological polar surface area (TPSA) is 38.3 Å². The van der Waals surface area contributed by atoms with Gasteiger partial charge in [0.15, 0.2) is 0 Å². The standard InChI is InChI=1S/C15H14ClNO2/c1-10-9-14(7-8-15(10)16)19-13-5-3-12(4-6-13)17-11(2)18/h3-9H,1-2H3,(H,17,18). The smallest absolute Gasteiger partial charge is 0.221 e. The number of hydrogen-bond donors (Lipinski definition) is 1. The van der Waals surface area contributed by atoms with Crippen molar-refractivity contribution in [2.75, 3.05) is 5.32 Å². The minimum Gasteiger partial charge on any atom is -0.457 e. The number of hydrogen-bond acceptors (Lipinski definition) is 2. The Morgan fingerprint density at radius 3 is 2.32 bits per heavy atom. The van der Waals surface area contributed by atoms with E-state index in [1.165, 1.54) is 6.92 Å². The lowest BCUT2D eigenvalue weighted by Crippen LogP contribution is -2.05. The summed E-state index contributed by atoms with van der Waals surface area (Å²) in [6, 6.07) is 12.7. The number of benzene rings is 2. The van der Waals surface area contributed by atoms with E-state index in [2.05, 4.69) is 5.32 Å². The van der Waals surface area contributed by atoms with E-state index in [1.807, 2.05) is 19.1 Å². The van der Waals surface area contributed by atoms with Crippen LogP contribution in [0.1, 0.15) is 12.5 Å². The van der Waals surface area contributed by atoms with E-state index in [9.17, 15) is 4.79 Å². The molecule has 0 spiro atoms. The zero-order valence-corrected chi connectivity index (χ0v) is 11.5. The molecule has 0 atom stereocenters. The van der Waals surface area contributed by atoms with Gasteiger partial charge in [0.25, 0.3) is 0 Å². The van der Waals surface area contributed by atoms with E-state index >= 15 is 0 Å². The molecular weight excluding hydrogens is 262 g/mol. The van der Waals surface area contributed by atoms with Crippen LogP contribution >= 0.6 is 11.6 Å². The maximum atomic E-state index is 10.9. The molecule has 0 aliphatic rings. The van der Waals surface area contributed by atoms with Gasteiger partial charge in [0, 0.05) is 17.6 Å². The molecule has 0 radical (unpaired) electrons. The van der Waals surface area contributed by atoms with Crippen molar-refractivity contribution in [1.82, 2.24) is 0 Å². The minimum atomic E-state index is -0.0954. The second-order valence-corrected chi connectivity index (χ2v) is 4.63. The molecule has 0 aromatic heterocycles. The largest absolute Gasteiger partial charge is 0.457 e. The number of aryl methyl sites for hydroxylation is 1. The summed E-state index contributed by atoms with van der Waals surface area (Å²) >= 11 is 5.96. The highest BCUT2D eigenvalue weighted by atomic mass is 35.5. The summed E-state index contributed by atoms with van der Waals surface area (Å²) in [6.07, 6.45) is 0. The van der Waals surface area contributed by atoms with Crippen molar-refractivity contribution >= 4 is 23.2 Å². The molecule has 2 rings (SSSR count). The molecule has 2 aromatic rings. The molecular formula is C15H14ClNO2. The van der Waals surface area contributed by atoms with Gasteiger partial charge in [-0.2, -0.15) is 0 Å². The number of amides is 1. The van der Waals surface area contributed by atoms with Crippen molar-refractivity contribution in [1.29, 1.82) is 0 Å². The monoisotopic (exact) mass is 275 g/mol. The number of rotatable bonds is 3. The van der Waals surface area contributed by atoms with Crippen LogP contribution in [0.3, 0.4) is 0 Å². The second kappa shape index (κ2) is 5.76. The van der Waals surface area contributed by atoms with Crippen LogP contribution in [0, 0.1) is 6.92 Å². The summed E-state index contributed by atoms with van der Waals surface area (Å²) in [5, 5.41) is 3.42. The second-order valence-electron chi connectivity index (χ2n) is 4.22. The highest BCUT2D eigenvalue weighted by molar-refractivity contribution is 6.31. The molecule has 1 N–H and O–H groups in total. The van der Waals surface area contributed by atoms with Gasteiger partial charge in [-0.25, -0.2) is 0 Å². The maximum Gasteiger partial charge on any atom is 0.221 e. The Kier molecular flexibility index (Phi) is 4.07. The number of carbonyl (C=O) groups excluding carboxylic acids is 1. The third kappa shape index (κ3) is 3.73. The summed E-state index contributed by atoms with van der Waals surface area (Å²) in [5.41, 5.74) is 1.71. The average Bonchev–Trinajstić information content (AvgIpc) is 2.36. The van der Waals surface area contributed by atoms with Crippen LogP contribution in [0.25, 0.3) is 0 Å². The number of anilines is 1. The fraction of sp³-hybridized carbons (Fsp3) is 0.133. The van der Waals surface area contributed by atoms with E-state index in [1.54, 1.807) is 30.3 Å². The van der Waals surface area contributed by atoms with E-state index < -0.39 is 0 Å². The lowest BCUT2D eigenvalue weighted by atomic mass is 10.2. The number of carbonyl (C=O) groups is 1. The molecule has 0 aliphatic carbocycles. The molecule has 0 unspecified atom stereocenters.